The minimum absolute atomic E-state index is 0.0406. The molecule has 0 bridgehead atoms. The number of phosphoric acid groups is 1. The van der Waals surface area contributed by atoms with Gasteiger partial charge in [0, 0.05) is 11.1 Å². The molecule has 0 atom stereocenters. The second kappa shape index (κ2) is 5.33. The normalized spacial score (nSPS) is 12.3. The number of carbonyl (C=O) groups is 1. The molecule has 17 heavy (non-hydrogen) atoms. The molecule has 8 heteroatoms. The van der Waals surface area contributed by atoms with E-state index in [2.05, 4.69) is 4.52 Å². The van der Waals surface area contributed by atoms with Gasteiger partial charge in [0.15, 0.2) is 0 Å². The average Bonchev–Trinajstić information content (AvgIpc) is 2.25. The van der Waals surface area contributed by atoms with Crippen LogP contribution in [0.3, 0.4) is 0 Å². The van der Waals surface area contributed by atoms with Gasteiger partial charge in [-0.2, -0.15) is 0 Å². The molecule has 0 heterocycles. The molecule has 0 aliphatic heterocycles. The first kappa shape index (κ1) is 13.7. The molecule has 0 fully saturated rings. The predicted molar refractivity (Wildman–Crippen MR) is 60.4 cm³/mol. The first-order valence-electron chi connectivity index (χ1n) is 4.23. The second-order valence-corrected chi connectivity index (χ2v) is 4.32. The molecule has 0 aliphatic carbocycles. The summed E-state index contributed by atoms with van der Waals surface area (Å²) in [5.74, 6) is -1.35. The van der Waals surface area contributed by atoms with Crippen LogP contribution in [0.25, 0.3) is 5.76 Å². The highest BCUT2D eigenvalue weighted by atomic mass is 35.5. The molecule has 1 rings (SSSR count). The van der Waals surface area contributed by atoms with Gasteiger partial charge < -0.3 is 9.63 Å². The van der Waals surface area contributed by atoms with Gasteiger partial charge >= 0.3 is 13.8 Å². The van der Waals surface area contributed by atoms with Crippen LogP contribution in [-0.2, 0) is 9.09 Å². The lowest BCUT2D eigenvalue weighted by atomic mass is 10.1. The van der Waals surface area contributed by atoms with Gasteiger partial charge in [0.05, 0.1) is 5.56 Å². The Labute approximate surface area is 101 Å². The van der Waals surface area contributed by atoms with E-state index in [4.69, 9.17) is 26.5 Å². The molecule has 0 saturated carbocycles. The zero-order chi connectivity index (χ0) is 13.1. The van der Waals surface area contributed by atoms with E-state index in [1.54, 1.807) is 0 Å². The number of carboxylic acids is 1. The first-order chi connectivity index (χ1) is 7.83. The predicted octanol–water partition coefficient (Wildman–Crippen LogP) is 2.03. The van der Waals surface area contributed by atoms with Crippen LogP contribution < -0.4 is 0 Å². The maximum absolute atomic E-state index is 10.6. The molecule has 92 valence electrons. The maximum Gasteiger partial charge on any atom is 0.524 e. The molecule has 0 aliphatic rings. The van der Waals surface area contributed by atoms with Crippen LogP contribution in [0.5, 0.6) is 0 Å². The Kier molecular flexibility index (Phi) is 4.31. The Morgan fingerprint density at radius 2 is 1.71 bits per heavy atom. The maximum atomic E-state index is 10.6. The van der Waals surface area contributed by atoms with Gasteiger partial charge in [0.25, 0.3) is 0 Å². The lowest BCUT2D eigenvalue weighted by Gasteiger charge is -2.10. The molecular weight excluding hydrogens is 271 g/mol. The molecule has 0 radical (unpaired) electrons. The summed E-state index contributed by atoms with van der Waals surface area (Å²) in [7, 11) is -4.70. The van der Waals surface area contributed by atoms with Gasteiger partial charge in [-0.15, -0.1) is 0 Å². The van der Waals surface area contributed by atoms with Crippen LogP contribution in [0, 0.1) is 0 Å². The minimum Gasteiger partial charge on any atom is -0.478 e. The monoisotopic (exact) mass is 278 g/mol. The van der Waals surface area contributed by atoms with Crippen LogP contribution in [0.4, 0.5) is 0 Å². The smallest absolute Gasteiger partial charge is 0.478 e. The molecule has 6 nitrogen and oxygen atoms in total. The van der Waals surface area contributed by atoms with E-state index in [-0.39, 0.29) is 16.9 Å². The van der Waals surface area contributed by atoms with Crippen LogP contribution in [0.1, 0.15) is 15.9 Å². The summed E-state index contributed by atoms with van der Waals surface area (Å²) in [6.07, 6.45) is 0. The zero-order valence-electron chi connectivity index (χ0n) is 8.28. The fraction of sp³-hybridized carbons (Fsp3) is 0. The summed E-state index contributed by atoms with van der Waals surface area (Å²) in [5.41, 5.74) is 1.15. The van der Waals surface area contributed by atoms with Crippen molar-refractivity contribution >= 4 is 31.2 Å². The van der Waals surface area contributed by atoms with Crippen molar-refractivity contribution in [1.29, 1.82) is 0 Å². The Balaban J connectivity index is 2.99. The SMILES string of the molecule is O=C(O)c1ccc(C(=CCl)OP(=O)(O)O)cc1. The summed E-state index contributed by atoms with van der Waals surface area (Å²) in [5, 5.41) is 8.66. The van der Waals surface area contributed by atoms with Crippen molar-refractivity contribution in [3.05, 3.63) is 40.9 Å². The molecule has 0 saturated heterocycles. The molecule has 0 unspecified atom stereocenters. The van der Waals surface area contributed by atoms with E-state index in [1.807, 2.05) is 0 Å². The topological polar surface area (TPSA) is 104 Å². The summed E-state index contributed by atoms with van der Waals surface area (Å²) >= 11 is 5.36. The second-order valence-electron chi connectivity index (χ2n) is 2.94. The Hall–Kier alpha value is -1.33. The lowest BCUT2D eigenvalue weighted by molar-refractivity contribution is 0.0696. The third-order valence-electron chi connectivity index (χ3n) is 1.73. The molecular formula is C9H8ClO6P. The van der Waals surface area contributed by atoms with Crippen LogP contribution in [0.2, 0.25) is 0 Å². The zero-order valence-corrected chi connectivity index (χ0v) is 9.93. The van der Waals surface area contributed by atoms with E-state index in [0.29, 0.717) is 0 Å². The third kappa shape index (κ3) is 4.20. The lowest BCUT2D eigenvalue weighted by Crippen LogP contribution is -1.96. The van der Waals surface area contributed by atoms with Gasteiger partial charge in [-0.3, -0.25) is 9.79 Å². The largest absolute Gasteiger partial charge is 0.524 e. The fourth-order valence-electron chi connectivity index (χ4n) is 1.04. The molecule has 3 N–H and O–H groups in total. The van der Waals surface area contributed by atoms with E-state index < -0.39 is 13.8 Å². The van der Waals surface area contributed by atoms with Crippen LogP contribution >= 0.6 is 19.4 Å². The number of carboxylic acid groups (broad SMARTS) is 1. The Morgan fingerprint density at radius 1 is 1.24 bits per heavy atom. The number of hydrogen-bond donors (Lipinski definition) is 3. The van der Waals surface area contributed by atoms with Crippen molar-refractivity contribution in [3.63, 3.8) is 0 Å². The van der Waals surface area contributed by atoms with Crippen molar-refractivity contribution in [2.45, 2.75) is 0 Å². The standard InChI is InChI=1S/C9H8ClO6P/c10-5-8(16-17(13,14)15)6-1-3-7(4-2-6)9(11)12/h1-5H,(H,11,12)(H2,13,14,15). The summed E-state index contributed by atoms with van der Waals surface area (Å²) in [4.78, 5) is 27.8. The number of aromatic carboxylic acids is 1. The highest BCUT2D eigenvalue weighted by Crippen LogP contribution is 2.42. The molecule has 0 aromatic heterocycles. The van der Waals surface area contributed by atoms with Crippen molar-refractivity contribution in [2.75, 3.05) is 0 Å². The van der Waals surface area contributed by atoms with Crippen molar-refractivity contribution in [1.82, 2.24) is 0 Å². The number of halogens is 1. The fourth-order valence-corrected chi connectivity index (χ4v) is 1.69. The first-order valence-corrected chi connectivity index (χ1v) is 6.19. The van der Waals surface area contributed by atoms with Crippen molar-refractivity contribution in [3.8, 4) is 0 Å². The van der Waals surface area contributed by atoms with Gasteiger partial charge in [-0.05, 0) is 12.1 Å². The third-order valence-corrected chi connectivity index (χ3v) is 2.37. The van der Waals surface area contributed by atoms with Crippen molar-refractivity contribution in [2.24, 2.45) is 0 Å². The Bertz CT molecular complexity index is 489. The van der Waals surface area contributed by atoms with Gasteiger partial charge in [-0.25, -0.2) is 9.36 Å². The molecule has 1 aromatic rings. The van der Waals surface area contributed by atoms with Crippen LogP contribution in [0.15, 0.2) is 29.8 Å². The summed E-state index contributed by atoms with van der Waals surface area (Å²) in [6, 6.07) is 5.18. The Morgan fingerprint density at radius 3 is 2.06 bits per heavy atom. The number of rotatable bonds is 4. The molecule has 0 amide bonds. The van der Waals surface area contributed by atoms with E-state index >= 15 is 0 Å². The van der Waals surface area contributed by atoms with Gasteiger partial charge in [0.2, 0.25) is 0 Å². The molecule has 1 aromatic carbocycles. The highest BCUT2D eigenvalue weighted by molar-refractivity contribution is 7.46. The van der Waals surface area contributed by atoms with Gasteiger partial charge in [-0.1, -0.05) is 23.7 Å². The number of hydrogen-bond acceptors (Lipinski definition) is 3. The van der Waals surface area contributed by atoms with Crippen molar-refractivity contribution < 1.29 is 28.8 Å². The average molecular weight is 279 g/mol. The van der Waals surface area contributed by atoms with E-state index in [0.717, 1.165) is 5.54 Å². The van der Waals surface area contributed by atoms with Crippen LogP contribution in [-0.4, -0.2) is 20.9 Å². The van der Waals surface area contributed by atoms with E-state index in [9.17, 15) is 9.36 Å². The summed E-state index contributed by atoms with van der Waals surface area (Å²) < 4.78 is 14.9. The van der Waals surface area contributed by atoms with E-state index in [1.165, 1.54) is 24.3 Å². The minimum atomic E-state index is -4.70. The summed E-state index contributed by atoms with van der Waals surface area (Å²) in [6.45, 7) is 0. The molecule has 0 spiro atoms. The van der Waals surface area contributed by atoms with Gasteiger partial charge in [0.1, 0.15) is 5.76 Å². The number of phosphoric ester groups is 1. The number of benzene rings is 1. The highest BCUT2D eigenvalue weighted by Gasteiger charge is 2.18. The quantitative estimate of drug-likeness (QED) is 0.575.